The van der Waals surface area contributed by atoms with Crippen LogP contribution in [-0.2, 0) is 22.1 Å². The van der Waals surface area contributed by atoms with Gasteiger partial charge in [-0.05, 0) is 35.4 Å². The third-order valence-electron chi connectivity index (χ3n) is 3.95. The first-order chi connectivity index (χ1) is 12.4. The highest BCUT2D eigenvalue weighted by Crippen LogP contribution is 2.37. The van der Waals surface area contributed by atoms with Gasteiger partial charge in [-0.15, -0.1) is 11.8 Å². The Bertz CT molecular complexity index is 766. The Balaban J connectivity index is 1.48. The summed E-state index contributed by atoms with van der Waals surface area (Å²) in [5, 5.41) is 2.51. The van der Waals surface area contributed by atoms with E-state index in [0.29, 0.717) is 5.82 Å². The number of pyridine rings is 1. The summed E-state index contributed by atoms with van der Waals surface area (Å²) >= 11 is 1.56. The van der Waals surface area contributed by atoms with Crippen molar-refractivity contribution in [3.63, 3.8) is 0 Å². The molecule has 26 heavy (non-hydrogen) atoms. The SMILES string of the molecule is O=C(OCCNc1ccc(C(F)(F)F)cn1)C1SCCc2ccccc21. The third-order valence-corrected chi connectivity index (χ3v) is 5.17. The van der Waals surface area contributed by atoms with E-state index >= 15 is 0 Å². The highest BCUT2D eigenvalue weighted by Gasteiger charge is 2.30. The molecule has 0 radical (unpaired) electrons. The molecule has 0 amide bonds. The van der Waals surface area contributed by atoms with Crippen LogP contribution < -0.4 is 5.32 Å². The molecule has 1 atom stereocenters. The number of hydrogen-bond acceptors (Lipinski definition) is 5. The lowest BCUT2D eigenvalue weighted by molar-refractivity contribution is -0.142. The van der Waals surface area contributed by atoms with E-state index in [1.54, 1.807) is 11.8 Å². The number of aromatic nitrogens is 1. The maximum absolute atomic E-state index is 12.5. The molecular formula is C18H17F3N2O2S. The molecule has 138 valence electrons. The standard InChI is InChI=1S/C18H17F3N2O2S/c19-18(20,21)13-5-6-15(23-11-13)22-8-9-25-17(24)16-14-4-2-1-3-12(14)7-10-26-16/h1-6,11,16H,7-10H2,(H,22,23). The normalized spacial score (nSPS) is 16.7. The second-order valence-corrected chi connectivity index (χ2v) is 6.94. The molecule has 0 bridgehead atoms. The van der Waals surface area contributed by atoms with Crippen molar-refractivity contribution in [3.8, 4) is 0 Å². The van der Waals surface area contributed by atoms with Gasteiger partial charge in [0.1, 0.15) is 17.7 Å². The van der Waals surface area contributed by atoms with Gasteiger partial charge in [0.15, 0.2) is 0 Å². The van der Waals surface area contributed by atoms with Crippen molar-refractivity contribution in [2.24, 2.45) is 0 Å². The minimum atomic E-state index is -4.41. The lowest BCUT2D eigenvalue weighted by Gasteiger charge is -2.23. The van der Waals surface area contributed by atoms with Crippen molar-refractivity contribution in [3.05, 3.63) is 59.3 Å². The molecule has 3 rings (SSSR count). The number of benzene rings is 1. The molecule has 0 saturated carbocycles. The van der Waals surface area contributed by atoms with Gasteiger partial charge in [-0.1, -0.05) is 24.3 Å². The molecule has 0 spiro atoms. The maximum atomic E-state index is 12.5. The molecule has 0 fully saturated rings. The van der Waals surface area contributed by atoms with E-state index in [1.807, 2.05) is 24.3 Å². The lowest BCUT2D eigenvalue weighted by Crippen LogP contribution is -2.21. The second-order valence-electron chi connectivity index (χ2n) is 5.72. The number of carbonyl (C=O) groups is 1. The van der Waals surface area contributed by atoms with Crippen molar-refractivity contribution >= 4 is 23.5 Å². The van der Waals surface area contributed by atoms with Crippen molar-refractivity contribution in [1.82, 2.24) is 4.98 Å². The lowest BCUT2D eigenvalue weighted by atomic mass is 10.0. The molecule has 2 heterocycles. The van der Waals surface area contributed by atoms with Gasteiger partial charge in [0.05, 0.1) is 12.1 Å². The van der Waals surface area contributed by atoms with Crippen molar-refractivity contribution in [2.75, 3.05) is 24.2 Å². The number of aryl methyl sites for hydroxylation is 1. The minimum absolute atomic E-state index is 0.112. The van der Waals surface area contributed by atoms with E-state index in [1.165, 1.54) is 11.6 Å². The number of thioether (sulfide) groups is 1. The predicted molar refractivity (Wildman–Crippen MR) is 94.0 cm³/mol. The molecule has 8 heteroatoms. The van der Waals surface area contributed by atoms with Crippen LogP contribution in [0.3, 0.4) is 0 Å². The number of fused-ring (bicyclic) bond motifs is 1. The van der Waals surface area contributed by atoms with Gasteiger partial charge in [0.25, 0.3) is 0 Å². The average molecular weight is 382 g/mol. The summed E-state index contributed by atoms with van der Waals surface area (Å²) < 4.78 is 42.7. The Morgan fingerprint density at radius 2 is 2.08 bits per heavy atom. The highest BCUT2D eigenvalue weighted by atomic mass is 32.2. The zero-order chi connectivity index (χ0) is 18.6. The van der Waals surface area contributed by atoms with Crippen LogP contribution in [0, 0.1) is 0 Å². The Hall–Kier alpha value is -2.22. The fourth-order valence-electron chi connectivity index (χ4n) is 2.66. The van der Waals surface area contributed by atoms with E-state index in [0.717, 1.165) is 30.0 Å². The van der Waals surface area contributed by atoms with Gasteiger partial charge in [-0.25, -0.2) is 4.98 Å². The second kappa shape index (κ2) is 7.99. The number of halogens is 3. The zero-order valence-corrected chi connectivity index (χ0v) is 14.6. The van der Waals surface area contributed by atoms with Crippen LogP contribution in [0.4, 0.5) is 19.0 Å². The first-order valence-corrected chi connectivity index (χ1v) is 9.13. The molecule has 2 aromatic rings. The number of nitrogens with zero attached hydrogens (tertiary/aromatic N) is 1. The van der Waals surface area contributed by atoms with E-state index < -0.39 is 11.7 Å². The van der Waals surface area contributed by atoms with E-state index in [9.17, 15) is 18.0 Å². The maximum Gasteiger partial charge on any atom is 0.417 e. The fourth-order valence-corrected chi connectivity index (χ4v) is 3.85. The molecule has 0 aliphatic carbocycles. The summed E-state index contributed by atoms with van der Waals surface area (Å²) in [5.74, 6) is 0.862. The molecular weight excluding hydrogens is 365 g/mol. The Morgan fingerprint density at radius 3 is 2.81 bits per heavy atom. The van der Waals surface area contributed by atoms with Crippen LogP contribution in [0.1, 0.15) is 21.9 Å². The van der Waals surface area contributed by atoms with Gasteiger partial charge in [-0.3, -0.25) is 4.79 Å². The molecule has 4 nitrogen and oxygen atoms in total. The van der Waals surface area contributed by atoms with Crippen LogP contribution >= 0.6 is 11.8 Å². The Labute approximate surface area is 153 Å². The number of hydrogen-bond donors (Lipinski definition) is 1. The molecule has 1 aliphatic heterocycles. The summed E-state index contributed by atoms with van der Waals surface area (Å²) in [6.07, 6.45) is -2.70. The van der Waals surface area contributed by atoms with Crippen molar-refractivity contribution in [2.45, 2.75) is 17.8 Å². The topological polar surface area (TPSA) is 51.2 Å². The summed E-state index contributed by atoms with van der Waals surface area (Å²) in [6.45, 7) is 0.379. The van der Waals surface area contributed by atoms with Crippen LogP contribution in [0.25, 0.3) is 0 Å². The van der Waals surface area contributed by atoms with Gasteiger partial charge in [-0.2, -0.15) is 13.2 Å². The number of carbonyl (C=O) groups excluding carboxylic acids is 1. The number of esters is 1. The highest BCUT2D eigenvalue weighted by molar-refractivity contribution is 8.00. The van der Waals surface area contributed by atoms with Gasteiger partial charge < -0.3 is 10.1 Å². The van der Waals surface area contributed by atoms with Gasteiger partial charge >= 0.3 is 12.1 Å². The molecule has 1 aromatic carbocycles. The number of anilines is 1. The number of rotatable bonds is 5. The summed E-state index contributed by atoms with van der Waals surface area (Å²) in [6, 6.07) is 10.0. The first-order valence-electron chi connectivity index (χ1n) is 8.08. The number of nitrogens with one attached hydrogen (secondary N) is 1. The molecule has 1 aromatic heterocycles. The van der Waals surface area contributed by atoms with Gasteiger partial charge in [0, 0.05) is 6.20 Å². The predicted octanol–water partition coefficient (Wildman–Crippen LogP) is 4.09. The van der Waals surface area contributed by atoms with Crippen LogP contribution in [0.5, 0.6) is 0 Å². The quantitative estimate of drug-likeness (QED) is 0.624. The van der Waals surface area contributed by atoms with Crippen molar-refractivity contribution in [1.29, 1.82) is 0 Å². The molecule has 0 saturated heterocycles. The summed E-state index contributed by atoms with van der Waals surface area (Å²) in [7, 11) is 0. The largest absolute Gasteiger partial charge is 0.463 e. The zero-order valence-electron chi connectivity index (χ0n) is 13.8. The minimum Gasteiger partial charge on any atom is -0.463 e. The summed E-state index contributed by atoms with van der Waals surface area (Å²) in [5.41, 5.74) is 1.36. The van der Waals surface area contributed by atoms with E-state index in [-0.39, 0.29) is 24.4 Å². The van der Waals surface area contributed by atoms with E-state index in [4.69, 9.17) is 4.74 Å². The first kappa shape index (κ1) is 18.6. The fraction of sp³-hybridized carbons (Fsp3) is 0.333. The summed E-state index contributed by atoms with van der Waals surface area (Å²) in [4.78, 5) is 16.0. The Morgan fingerprint density at radius 1 is 1.27 bits per heavy atom. The van der Waals surface area contributed by atoms with Crippen LogP contribution in [0.15, 0.2) is 42.6 Å². The monoisotopic (exact) mass is 382 g/mol. The smallest absolute Gasteiger partial charge is 0.417 e. The number of alkyl halides is 3. The third kappa shape index (κ3) is 4.49. The Kier molecular flexibility index (Phi) is 5.70. The molecule has 1 unspecified atom stereocenters. The molecule has 1 aliphatic rings. The van der Waals surface area contributed by atoms with Crippen LogP contribution in [0.2, 0.25) is 0 Å². The van der Waals surface area contributed by atoms with Crippen LogP contribution in [-0.4, -0.2) is 29.9 Å². The molecule has 1 N–H and O–H groups in total. The average Bonchev–Trinajstić information content (AvgIpc) is 2.64. The number of ether oxygens (including phenoxy) is 1. The van der Waals surface area contributed by atoms with E-state index in [2.05, 4.69) is 10.3 Å². The van der Waals surface area contributed by atoms with Gasteiger partial charge in [0.2, 0.25) is 0 Å². The van der Waals surface area contributed by atoms with Crippen molar-refractivity contribution < 1.29 is 22.7 Å².